The summed E-state index contributed by atoms with van der Waals surface area (Å²) in [4.78, 5) is 3.50. The van der Waals surface area contributed by atoms with Crippen LogP contribution >= 0.6 is 11.6 Å². The molecule has 0 aliphatic carbocycles. The van der Waals surface area contributed by atoms with E-state index in [1.165, 1.54) is 6.07 Å². The zero-order valence-electron chi connectivity index (χ0n) is 26.9. The number of hydrogen-bond donors (Lipinski definition) is 1. The van der Waals surface area contributed by atoms with E-state index in [1.54, 1.807) is 18.2 Å². The van der Waals surface area contributed by atoms with Crippen molar-refractivity contribution >= 4 is 39.6 Å². The molecular formula is C31H44ClFN4O3Si2. The molecule has 1 unspecified atom stereocenters. The van der Waals surface area contributed by atoms with Crippen molar-refractivity contribution in [2.45, 2.75) is 104 Å². The summed E-state index contributed by atoms with van der Waals surface area (Å²) < 4.78 is 34.1. The van der Waals surface area contributed by atoms with Gasteiger partial charge in [0.15, 0.2) is 14.1 Å². The summed E-state index contributed by atoms with van der Waals surface area (Å²) in [6, 6.07) is 7.57. The molecule has 3 aromatic rings. The van der Waals surface area contributed by atoms with Crippen molar-refractivity contribution in [3.05, 3.63) is 64.0 Å². The number of hydrogen-bond acceptors (Lipinski definition) is 6. The molecule has 0 bridgehead atoms. The number of nitrogens with zero attached hydrogens (tertiary/aromatic N) is 3. The van der Waals surface area contributed by atoms with Gasteiger partial charge in [0.05, 0.1) is 17.7 Å². The zero-order valence-corrected chi connectivity index (χ0v) is 29.6. The van der Waals surface area contributed by atoms with E-state index in [4.69, 9.17) is 31.4 Å². The molecule has 0 radical (unpaired) electrons. The van der Waals surface area contributed by atoms with Gasteiger partial charge < -0.3 is 18.6 Å². The third-order valence-corrected chi connectivity index (χ3v) is 18.0. The second-order valence-corrected chi connectivity index (χ2v) is 23.7. The maximum atomic E-state index is 14.8. The molecule has 0 saturated carbocycles. The van der Waals surface area contributed by atoms with Crippen LogP contribution in [0.2, 0.25) is 41.3 Å². The number of rotatable bonds is 9. The van der Waals surface area contributed by atoms with Gasteiger partial charge in [0.1, 0.15) is 11.8 Å². The fourth-order valence-corrected chi connectivity index (χ4v) is 6.43. The minimum atomic E-state index is -2.29. The van der Waals surface area contributed by atoms with Gasteiger partial charge in [0.25, 0.3) is 8.32 Å². The normalized spacial score (nSPS) is 14.3. The van der Waals surface area contributed by atoms with Crippen LogP contribution in [0.15, 0.2) is 34.7 Å². The lowest BCUT2D eigenvalue weighted by atomic mass is 10.1. The third-order valence-electron chi connectivity index (χ3n) is 8.61. The van der Waals surface area contributed by atoms with Crippen molar-refractivity contribution in [2.75, 3.05) is 5.32 Å². The number of aromatic nitrogens is 2. The molecule has 42 heavy (non-hydrogen) atoms. The minimum absolute atomic E-state index is 0.0169. The van der Waals surface area contributed by atoms with Crippen LogP contribution in [0.1, 0.15) is 66.0 Å². The Morgan fingerprint density at radius 1 is 1.00 bits per heavy atom. The molecule has 0 aliphatic rings. The van der Waals surface area contributed by atoms with E-state index < -0.39 is 28.5 Å². The standard InChI is InChI=1S/C31H44ClFN4O3Si2/c1-19-23(16-17-24(34-9)26(19)32)35-27(20(2)39-41(10,11)30(3,4)5)29-37-36-28(38-29)21-14-15-22(33)25(18-21)40-42(12,13)31(6,7)8/h14-18,20,27,35H,1-8,10-13H3/t20-,27?/m1/s1. The van der Waals surface area contributed by atoms with E-state index in [1.807, 2.05) is 19.9 Å². The van der Waals surface area contributed by atoms with Crippen molar-refractivity contribution in [3.63, 3.8) is 0 Å². The Kier molecular flexibility index (Phi) is 9.74. The first-order valence-corrected chi connectivity index (χ1v) is 20.3. The van der Waals surface area contributed by atoms with Gasteiger partial charge in [-0.1, -0.05) is 59.2 Å². The van der Waals surface area contributed by atoms with Gasteiger partial charge in [-0.15, -0.1) is 10.2 Å². The minimum Gasteiger partial charge on any atom is -0.542 e. The summed E-state index contributed by atoms with van der Waals surface area (Å²) in [6.45, 7) is 32.6. The van der Waals surface area contributed by atoms with Crippen molar-refractivity contribution in [1.82, 2.24) is 10.2 Å². The summed E-state index contributed by atoms with van der Waals surface area (Å²) in [6.07, 6.45) is -0.358. The summed E-state index contributed by atoms with van der Waals surface area (Å²) in [5, 5.41) is 12.5. The Hall–Kier alpha value is -2.72. The van der Waals surface area contributed by atoms with Crippen molar-refractivity contribution in [1.29, 1.82) is 0 Å². The van der Waals surface area contributed by atoms with E-state index in [2.05, 4.69) is 88.1 Å². The largest absolute Gasteiger partial charge is 0.542 e. The van der Waals surface area contributed by atoms with Crippen molar-refractivity contribution < 1.29 is 17.7 Å². The number of halogens is 2. The summed E-state index contributed by atoms with van der Waals surface area (Å²) in [5.41, 5.74) is 2.41. The summed E-state index contributed by atoms with van der Waals surface area (Å²) >= 11 is 6.49. The van der Waals surface area contributed by atoms with E-state index in [9.17, 15) is 4.39 Å². The number of anilines is 1. The molecule has 11 heteroatoms. The van der Waals surface area contributed by atoms with Crippen molar-refractivity contribution in [3.8, 4) is 17.2 Å². The molecule has 2 atom stereocenters. The molecule has 7 nitrogen and oxygen atoms in total. The molecule has 2 aromatic carbocycles. The molecule has 3 rings (SSSR count). The zero-order chi connectivity index (χ0) is 31.8. The quantitative estimate of drug-likeness (QED) is 0.187. The molecule has 1 heterocycles. The molecule has 0 spiro atoms. The monoisotopic (exact) mass is 630 g/mol. The number of benzene rings is 2. The van der Waals surface area contributed by atoms with Crippen LogP contribution in [0, 0.1) is 19.3 Å². The van der Waals surface area contributed by atoms with Gasteiger partial charge in [0.2, 0.25) is 17.5 Å². The molecule has 0 fully saturated rings. The average Bonchev–Trinajstić information content (AvgIpc) is 3.34. The molecular weight excluding hydrogens is 587 g/mol. The van der Waals surface area contributed by atoms with Crippen LogP contribution in [0.5, 0.6) is 5.75 Å². The van der Waals surface area contributed by atoms with Crippen LogP contribution in [0.4, 0.5) is 15.8 Å². The fourth-order valence-electron chi connectivity index (χ4n) is 3.79. The van der Waals surface area contributed by atoms with Crippen LogP contribution < -0.4 is 9.74 Å². The highest BCUT2D eigenvalue weighted by Crippen LogP contribution is 2.42. The molecule has 0 saturated heterocycles. The first-order valence-electron chi connectivity index (χ1n) is 14.1. The maximum absolute atomic E-state index is 14.8. The van der Waals surface area contributed by atoms with Gasteiger partial charge in [-0.3, -0.25) is 0 Å². The second-order valence-electron chi connectivity index (χ2n) is 13.8. The van der Waals surface area contributed by atoms with Crippen LogP contribution in [-0.4, -0.2) is 32.9 Å². The second kappa shape index (κ2) is 12.1. The van der Waals surface area contributed by atoms with Gasteiger partial charge >= 0.3 is 0 Å². The smallest absolute Gasteiger partial charge is 0.250 e. The highest BCUT2D eigenvalue weighted by atomic mass is 35.5. The van der Waals surface area contributed by atoms with E-state index >= 15 is 0 Å². The average molecular weight is 631 g/mol. The lowest BCUT2D eigenvalue weighted by Crippen LogP contribution is -2.45. The van der Waals surface area contributed by atoms with Gasteiger partial charge in [-0.05, 0) is 79.9 Å². The van der Waals surface area contributed by atoms with E-state index in [0.717, 1.165) is 11.3 Å². The molecule has 0 amide bonds. The first-order chi connectivity index (χ1) is 19.2. The Morgan fingerprint density at radius 2 is 1.62 bits per heavy atom. The molecule has 228 valence electrons. The molecule has 1 aromatic heterocycles. The summed E-state index contributed by atoms with van der Waals surface area (Å²) in [5.74, 6) is 0.300. The van der Waals surface area contributed by atoms with E-state index in [-0.39, 0.29) is 27.8 Å². The topological polar surface area (TPSA) is 73.8 Å². The van der Waals surface area contributed by atoms with Crippen molar-refractivity contribution in [2.24, 2.45) is 0 Å². The lowest BCUT2D eigenvalue weighted by molar-refractivity contribution is 0.166. The molecule has 1 N–H and O–H groups in total. The van der Waals surface area contributed by atoms with Crippen LogP contribution in [0.3, 0.4) is 0 Å². The van der Waals surface area contributed by atoms with Crippen LogP contribution in [0.25, 0.3) is 16.3 Å². The Balaban J connectivity index is 2.03. The Bertz CT molecular complexity index is 1470. The van der Waals surface area contributed by atoms with Gasteiger partial charge in [-0.2, -0.15) is 0 Å². The highest BCUT2D eigenvalue weighted by molar-refractivity contribution is 6.75. The first kappa shape index (κ1) is 33.8. The van der Waals surface area contributed by atoms with Gasteiger partial charge in [0, 0.05) is 11.3 Å². The predicted octanol–water partition coefficient (Wildman–Crippen LogP) is 10.3. The van der Waals surface area contributed by atoms with E-state index in [0.29, 0.717) is 22.2 Å². The van der Waals surface area contributed by atoms with Gasteiger partial charge in [-0.25, -0.2) is 9.24 Å². The molecule has 0 aliphatic heterocycles. The lowest BCUT2D eigenvalue weighted by Gasteiger charge is -2.40. The Morgan fingerprint density at radius 3 is 2.19 bits per heavy atom. The Labute approximate surface area is 257 Å². The SMILES string of the molecule is [C-]#[N+]c1ccc(NC(c2nnc(-c3ccc(F)c(O[Si](C)(C)C(C)(C)C)c3)o2)[C@@H](C)O[Si](C)(C)C(C)(C)C)c(C)c1Cl. The third kappa shape index (κ3) is 7.25. The summed E-state index contributed by atoms with van der Waals surface area (Å²) in [7, 11) is -4.47. The number of nitrogens with one attached hydrogen (secondary N) is 1. The predicted molar refractivity (Wildman–Crippen MR) is 174 cm³/mol. The fraction of sp³-hybridized carbons (Fsp3) is 0.516. The maximum Gasteiger partial charge on any atom is 0.250 e. The van der Waals surface area contributed by atoms with Crippen LogP contribution in [-0.2, 0) is 4.43 Å². The highest BCUT2D eigenvalue weighted by Gasteiger charge is 2.41.